The number of rotatable bonds is 6. The van der Waals surface area contributed by atoms with E-state index in [1.54, 1.807) is 43.8 Å². The van der Waals surface area contributed by atoms with Gasteiger partial charge in [0.05, 0.1) is 36.5 Å². The normalized spacial score (nSPS) is 19.1. The molecule has 1 aromatic heterocycles. The summed E-state index contributed by atoms with van der Waals surface area (Å²) in [5.41, 5.74) is 1.29. The number of amides is 1. The first-order valence-corrected chi connectivity index (χ1v) is 10.7. The van der Waals surface area contributed by atoms with Gasteiger partial charge in [-0.3, -0.25) is 4.79 Å². The lowest BCUT2D eigenvalue weighted by atomic mass is 10.1. The van der Waals surface area contributed by atoms with Crippen molar-refractivity contribution >= 4 is 44.2 Å². The molecular formula is C21H23ClN4O3S. The fraction of sp³-hybridized carbons (Fsp3) is 0.333. The van der Waals surface area contributed by atoms with Crippen LogP contribution < -0.4 is 20.1 Å². The number of anilines is 1. The van der Waals surface area contributed by atoms with Crippen molar-refractivity contribution in [3.8, 4) is 11.5 Å². The number of carbonyl (C=O) groups excluding carboxylic acids is 1. The average molecular weight is 447 g/mol. The largest absolute Gasteiger partial charge is 0.496 e. The van der Waals surface area contributed by atoms with E-state index in [0.29, 0.717) is 22.1 Å². The molecule has 1 aliphatic rings. The van der Waals surface area contributed by atoms with Crippen LogP contribution in [-0.4, -0.2) is 62.2 Å². The van der Waals surface area contributed by atoms with Crippen molar-refractivity contribution < 1.29 is 14.3 Å². The summed E-state index contributed by atoms with van der Waals surface area (Å²) in [7, 11) is 5.11. The first-order valence-electron chi connectivity index (χ1n) is 9.51. The highest BCUT2D eigenvalue weighted by Crippen LogP contribution is 2.31. The Kier molecular flexibility index (Phi) is 5.99. The van der Waals surface area contributed by atoms with E-state index in [4.69, 9.17) is 21.1 Å². The number of carbonyl (C=O) groups is 1. The first kappa shape index (κ1) is 20.7. The highest BCUT2D eigenvalue weighted by atomic mass is 35.5. The summed E-state index contributed by atoms with van der Waals surface area (Å²) in [5, 5.41) is 8.13. The molecule has 2 aromatic carbocycles. The third kappa shape index (κ3) is 4.16. The Morgan fingerprint density at radius 1 is 1.17 bits per heavy atom. The molecule has 2 heterocycles. The Hall–Kier alpha value is -2.55. The average Bonchev–Trinajstić information content (AvgIpc) is 3.28. The molecule has 2 atom stereocenters. The van der Waals surface area contributed by atoms with Crippen molar-refractivity contribution in [3.05, 3.63) is 47.0 Å². The molecular weight excluding hydrogens is 424 g/mol. The van der Waals surface area contributed by atoms with E-state index >= 15 is 0 Å². The zero-order chi connectivity index (χ0) is 21.3. The summed E-state index contributed by atoms with van der Waals surface area (Å²) in [6.45, 7) is 1.50. The van der Waals surface area contributed by atoms with Crippen LogP contribution in [0.15, 0.2) is 36.4 Å². The lowest BCUT2D eigenvalue weighted by Gasteiger charge is -2.22. The predicted molar refractivity (Wildman–Crippen MR) is 120 cm³/mol. The van der Waals surface area contributed by atoms with Crippen LogP contribution in [0.4, 0.5) is 5.13 Å². The van der Waals surface area contributed by atoms with Crippen molar-refractivity contribution in [2.75, 3.05) is 39.7 Å². The smallest absolute Gasteiger partial charge is 0.259 e. The minimum Gasteiger partial charge on any atom is -0.496 e. The van der Waals surface area contributed by atoms with Crippen LogP contribution >= 0.6 is 22.9 Å². The van der Waals surface area contributed by atoms with E-state index < -0.39 is 0 Å². The Morgan fingerprint density at radius 2 is 1.87 bits per heavy atom. The van der Waals surface area contributed by atoms with Gasteiger partial charge in [-0.2, -0.15) is 0 Å². The second kappa shape index (κ2) is 8.67. The number of ether oxygens (including phenoxy) is 2. The molecule has 0 aliphatic carbocycles. The summed E-state index contributed by atoms with van der Waals surface area (Å²) in [6, 6.07) is 10.9. The molecule has 9 heteroatoms. The lowest BCUT2D eigenvalue weighted by Crippen LogP contribution is -2.46. The standard InChI is InChI=1S/C21H23ClN4O3S/c1-26-10-14(23-20(27)19-16(28-2)5-4-6-17(19)29-3)15(11-26)25-21-24-13-8-7-12(22)9-18(13)30-21/h4-9,14-15H,10-11H2,1-3H3,(H,23,27)(H,24,25). The molecule has 158 valence electrons. The summed E-state index contributed by atoms with van der Waals surface area (Å²) in [6.07, 6.45) is 0. The summed E-state index contributed by atoms with van der Waals surface area (Å²) < 4.78 is 11.8. The van der Waals surface area contributed by atoms with E-state index in [-0.39, 0.29) is 18.0 Å². The highest BCUT2D eigenvalue weighted by Gasteiger charge is 2.34. The number of hydrogen-bond donors (Lipinski definition) is 2. The van der Waals surface area contributed by atoms with Crippen molar-refractivity contribution in [1.29, 1.82) is 0 Å². The van der Waals surface area contributed by atoms with Crippen molar-refractivity contribution in [1.82, 2.24) is 15.2 Å². The first-order chi connectivity index (χ1) is 14.5. The fourth-order valence-corrected chi connectivity index (χ4v) is 4.93. The quantitative estimate of drug-likeness (QED) is 0.603. The molecule has 3 aromatic rings. The minimum absolute atomic E-state index is 0.00989. The lowest BCUT2D eigenvalue weighted by molar-refractivity contribution is 0.0930. The summed E-state index contributed by atoms with van der Waals surface area (Å²) >= 11 is 7.64. The van der Waals surface area contributed by atoms with E-state index in [1.807, 2.05) is 25.2 Å². The van der Waals surface area contributed by atoms with Crippen molar-refractivity contribution in [2.45, 2.75) is 12.1 Å². The van der Waals surface area contributed by atoms with Gasteiger partial charge in [-0.15, -0.1) is 0 Å². The van der Waals surface area contributed by atoms with Crippen LogP contribution in [0, 0.1) is 0 Å². The Bertz CT molecular complexity index is 1050. The second-order valence-corrected chi connectivity index (χ2v) is 8.69. The van der Waals surface area contributed by atoms with Gasteiger partial charge >= 0.3 is 0 Å². The van der Waals surface area contributed by atoms with E-state index in [9.17, 15) is 4.79 Å². The van der Waals surface area contributed by atoms with Crippen LogP contribution in [0.5, 0.6) is 11.5 Å². The number of nitrogens with zero attached hydrogens (tertiary/aromatic N) is 2. The second-order valence-electron chi connectivity index (χ2n) is 7.22. The van der Waals surface area contributed by atoms with Crippen molar-refractivity contribution in [3.63, 3.8) is 0 Å². The van der Waals surface area contributed by atoms with E-state index in [0.717, 1.165) is 28.4 Å². The highest BCUT2D eigenvalue weighted by molar-refractivity contribution is 7.22. The molecule has 4 rings (SSSR count). The third-order valence-corrected chi connectivity index (χ3v) is 6.32. The van der Waals surface area contributed by atoms with Crippen molar-refractivity contribution in [2.24, 2.45) is 0 Å². The van der Waals surface area contributed by atoms with Gasteiger partial charge in [-0.1, -0.05) is 29.0 Å². The maximum atomic E-state index is 13.1. The van der Waals surface area contributed by atoms with Gasteiger partial charge in [0.15, 0.2) is 5.13 Å². The molecule has 30 heavy (non-hydrogen) atoms. The Labute approximate surface area is 183 Å². The maximum absolute atomic E-state index is 13.1. The number of methoxy groups -OCH3 is 2. The van der Waals surface area contributed by atoms with Crippen LogP contribution in [0.3, 0.4) is 0 Å². The van der Waals surface area contributed by atoms with Crippen LogP contribution in [0.1, 0.15) is 10.4 Å². The number of thiazole rings is 1. The van der Waals surface area contributed by atoms with E-state index in [2.05, 4.69) is 20.5 Å². The monoisotopic (exact) mass is 446 g/mol. The Morgan fingerprint density at radius 3 is 2.57 bits per heavy atom. The van der Waals surface area contributed by atoms with Gasteiger partial charge in [0.2, 0.25) is 0 Å². The minimum atomic E-state index is -0.229. The Balaban J connectivity index is 1.54. The molecule has 1 aliphatic heterocycles. The number of aromatic nitrogens is 1. The number of hydrogen-bond acceptors (Lipinski definition) is 7. The molecule has 1 amide bonds. The zero-order valence-corrected chi connectivity index (χ0v) is 18.5. The van der Waals surface area contributed by atoms with Gasteiger partial charge < -0.3 is 25.0 Å². The van der Waals surface area contributed by atoms with Gasteiger partial charge in [-0.25, -0.2) is 4.98 Å². The fourth-order valence-electron chi connectivity index (χ4n) is 3.73. The molecule has 2 unspecified atom stereocenters. The number of likely N-dealkylation sites (N-methyl/N-ethyl adjacent to an activating group) is 1. The molecule has 1 fully saturated rings. The van der Waals surface area contributed by atoms with Gasteiger partial charge in [0.25, 0.3) is 5.91 Å². The molecule has 1 saturated heterocycles. The zero-order valence-electron chi connectivity index (χ0n) is 16.9. The molecule has 0 spiro atoms. The number of likely N-dealkylation sites (tertiary alicyclic amines) is 1. The summed E-state index contributed by atoms with van der Waals surface area (Å²) in [5.74, 6) is 0.726. The molecule has 0 bridgehead atoms. The van der Waals surface area contributed by atoms with E-state index in [1.165, 1.54) is 0 Å². The molecule has 0 radical (unpaired) electrons. The van der Waals surface area contributed by atoms with Gasteiger partial charge in [0.1, 0.15) is 17.1 Å². The molecule has 0 saturated carbocycles. The third-order valence-electron chi connectivity index (χ3n) is 5.13. The number of benzene rings is 2. The summed E-state index contributed by atoms with van der Waals surface area (Å²) in [4.78, 5) is 19.9. The van der Waals surface area contributed by atoms with Gasteiger partial charge in [-0.05, 0) is 37.4 Å². The molecule has 7 nitrogen and oxygen atoms in total. The number of halogens is 1. The molecule has 2 N–H and O–H groups in total. The number of fused-ring (bicyclic) bond motifs is 1. The van der Waals surface area contributed by atoms with Crippen LogP contribution in [0.25, 0.3) is 10.2 Å². The topological polar surface area (TPSA) is 75.7 Å². The van der Waals surface area contributed by atoms with Crippen LogP contribution in [-0.2, 0) is 0 Å². The SMILES string of the molecule is COc1cccc(OC)c1C(=O)NC1CN(C)CC1Nc1nc2ccc(Cl)cc2s1. The predicted octanol–water partition coefficient (Wildman–Crippen LogP) is 3.49. The maximum Gasteiger partial charge on any atom is 0.259 e. The van der Waals surface area contributed by atoms with Gasteiger partial charge in [0, 0.05) is 18.1 Å². The van der Waals surface area contributed by atoms with Crippen LogP contribution in [0.2, 0.25) is 5.02 Å². The number of nitrogens with one attached hydrogen (secondary N) is 2.